The highest BCUT2D eigenvalue weighted by molar-refractivity contribution is 5.84. The summed E-state index contributed by atoms with van der Waals surface area (Å²) in [6.45, 7) is 5.08. The second kappa shape index (κ2) is 7.06. The number of nitro benzene ring substituents is 1. The molecule has 0 atom stereocenters. The Morgan fingerprint density at radius 2 is 1.87 bits per heavy atom. The molecule has 0 saturated heterocycles. The lowest BCUT2D eigenvalue weighted by Crippen LogP contribution is -2.29. The number of nitro groups is 1. The van der Waals surface area contributed by atoms with Gasteiger partial charge >= 0.3 is 5.97 Å². The van der Waals surface area contributed by atoms with Crippen LogP contribution in [0.5, 0.6) is 0 Å². The van der Waals surface area contributed by atoms with Crippen molar-refractivity contribution in [2.24, 2.45) is 0 Å². The number of non-ortho nitro benzene ring substituents is 1. The molecule has 0 spiro atoms. The molecule has 1 aromatic heterocycles. The number of rotatable bonds is 7. The van der Waals surface area contributed by atoms with E-state index in [2.05, 4.69) is 4.90 Å². The second-order valence-corrected chi connectivity index (χ2v) is 5.49. The van der Waals surface area contributed by atoms with Gasteiger partial charge in [-0.15, -0.1) is 0 Å². The molecule has 7 nitrogen and oxygen atoms in total. The zero-order chi connectivity index (χ0) is 17.0. The Bertz CT molecular complexity index is 691. The van der Waals surface area contributed by atoms with Crippen molar-refractivity contribution in [3.63, 3.8) is 0 Å². The molecule has 0 bridgehead atoms. The summed E-state index contributed by atoms with van der Waals surface area (Å²) in [6, 6.07) is 9.67. The zero-order valence-corrected chi connectivity index (χ0v) is 12.9. The molecule has 7 heteroatoms. The van der Waals surface area contributed by atoms with Gasteiger partial charge in [0.25, 0.3) is 5.69 Å². The Labute approximate surface area is 133 Å². The maximum Gasteiger partial charge on any atom is 0.371 e. The molecule has 0 unspecified atom stereocenters. The van der Waals surface area contributed by atoms with Gasteiger partial charge in [-0.3, -0.25) is 15.0 Å². The zero-order valence-electron chi connectivity index (χ0n) is 12.9. The van der Waals surface area contributed by atoms with Crippen molar-refractivity contribution in [2.75, 3.05) is 0 Å². The van der Waals surface area contributed by atoms with Gasteiger partial charge in [0.2, 0.25) is 5.76 Å². The number of carbonyl (C=O) groups is 1. The van der Waals surface area contributed by atoms with Gasteiger partial charge in [-0.1, -0.05) is 12.1 Å². The van der Waals surface area contributed by atoms with E-state index in [1.54, 1.807) is 18.2 Å². The average Bonchev–Trinajstić information content (AvgIpc) is 2.96. The van der Waals surface area contributed by atoms with Crippen molar-refractivity contribution in [3.05, 3.63) is 63.6 Å². The van der Waals surface area contributed by atoms with E-state index in [9.17, 15) is 14.9 Å². The number of carboxylic acid groups (broad SMARTS) is 1. The first-order valence-corrected chi connectivity index (χ1v) is 7.16. The summed E-state index contributed by atoms with van der Waals surface area (Å²) in [4.78, 5) is 23.2. The van der Waals surface area contributed by atoms with Crippen LogP contribution in [0.25, 0.3) is 0 Å². The van der Waals surface area contributed by atoms with E-state index >= 15 is 0 Å². The Morgan fingerprint density at radius 1 is 1.22 bits per heavy atom. The standard InChI is InChI=1S/C16H18N2O5/c1-11(2)17(10-14-7-8-15(23-14)16(19)20)9-12-3-5-13(6-4-12)18(21)22/h3-8,11H,9-10H2,1-2H3,(H,19,20). The van der Waals surface area contributed by atoms with Gasteiger partial charge in [-0.2, -0.15) is 0 Å². The molecule has 0 aliphatic heterocycles. The van der Waals surface area contributed by atoms with E-state index in [-0.39, 0.29) is 17.5 Å². The predicted octanol–water partition coefficient (Wildman–Crippen LogP) is 3.30. The van der Waals surface area contributed by atoms with Crippen molar-refractivity contribution in [2.45, 2.75) is 33.0 Å². The van der Waals surface area contributed by atoms with Crippen LogP contribution in [-0.4, -0.2) is 26.9 Å². The van der Waals surface area contributed by atoms with Gasteiger partial charge in [0.1, 0.15) is 5.76 Å². The molecular formula is C16H18N2O5. The van der Waals surface area contributed by atoms with Gasteiger partial charge in [-0.25, -0.2) is 4.79 Å². The lowest BCUT2D eigenvalue weighted by atomic mass is 10.1. The third kappa shape index (κ3) is 4.40. The van der Waals surface area contributed by atoms with E-state index in [1.165, 1.54) is 18.2 Å². The molecule has 1 aromatic carbocycles. The minimum atomic E-state index is -1.09. The fourth-order valence-electron chi connectivity index (χ4n) is 2.16. The fourth-order valence-corrected chi connectivity index (χ4v) is 2.16. The van der Waals surface area contributed by atoms with Crippen LogP contribution >= 0.6 is 0 Å². The lowest BCUT2D eigenvalue weighted by molar-refractivity contribution is -0.384. The molecule has 1 N–H and O–H groups in total. The maximum absolute atomic E-state index is 10.8. The summed E-state index contributed by atoms with van der Waals surface area (Å²) in [7, 11) is 0. The quantitative estimate of drug-likeness (QED) is 0.621. The number of hydrogen-bond donors (Lipinski definition) is 1. The van der Waals surface area contributed by atoms with Gasteiger partial charge in [0.15, 0.2) is 0 Å². The Kier molecular flexibility index (Phi) is 5.13. The highest BCUT2D eigenvalue weighted by atomic mass is 16.6. The maximum atomic E-state index is 10.8. The van der Waals surface area contributed by atoms with Crippen LogP contribution in [0, 0.1) is 10.1 Å². The van der Waals surface area contributed by atoms with Crippen LogP contribution in [0.4, 0.5) is 5.69 Å². The first-order valence-electron chi connectivity index (χ1n) is 7.16. The number of hydrogen-bond acceptors (Lipinski definition) is 5. The van der Waals surface area contributed by atoms with Gasteiger partial charge in [0.05, 0.1) is 11.5 Å². The normalized spacial score (nSPS) is 11.1. The topological polar surface area (TPSA) is 96.8 Å². The van der Waals surface area contributed by atoms with Gasteiger partial charge in [0, 0.05) is 24.7 Å². The van der Waals surface area contributed by atoms with E-state index in [0.717, 1.165) is 5.56 Å². The lowest BCUT2D eigenvalue weighted by Gasteiger charge is -2.25. The summed E-state index contributed by atoms with van der Waals surface area (Å²) in [6.07, 6.45) is 0. The molecular weight excluding hydrogens is 300 g/mol. The molecule has 0 amide bonds. The smallest absolute Gasteiger partial charge is 0.371 e. The Morgan fingerprint density at radius 3 is 2.35 bits per heavy atom. The summed E-state index contributed by atoms with van der Waals surface area (Å²) in [5.41, 5.74) is 0.997. The van der Waals surface area contributed by atoms with Crippen molar-refractivity contribution in [1.82, 2.24) is 4.90 Å². The van der Waals surface area contributed by atoms with Crippen molar-refractivity contribution in [1.29, 1.82) is 0 Å². The van der Waals surface area contributed by atoms with Gasteiger partial charge < -0.3 is 9.52 Å². The molecule has 0 fully saturated rings. The van der Waals surface area contributed by atoms with E-state index in [4.69, 9.17) is 9.52 Å². The third-order valence-electron chi connectivity index (χ3n) is 3.49. The molecule has 0 radical (unpaired) electrons. The SMILES string of the molecule is CC(C)N(Cc1ccc([N+](=O)[O-])cc1)Cc1ccc(C(=O)O)o1. The van der Waals surface area contributed by atoms with Crippen LogP contribution < -0.4 is 0 Å². The summed E-state index contributed by atoms with van der Waals surface area (Å²) < 4.78 is 5.28. The molecule has 2 rings (SSSR count). The van der Waals surface area contributed by atoms with E-state index in [0.29, 0.717) is 18.8 Å². The molecule has 23 heavy (non-hydrogen) atoms. The first kappa shape index (κ1) is 16.7. The van der Waals surface area contributed by atoms with Gasteiger partial charge in [-0.05, 0) is 31.5 Å². The van der Waals surface area contributed by atoms with Crippen LogP contribution in [-0.2, 0) is 13.1 Å². The van der Waals surface area contributed by atoms with Crippen LogP contribution in [0.1, 0.15) is 35.7 Å². The van der Waals surface area contributed by atoms with Crippen molar-refractivity contribution in [3.8, 4) is 0 Å². The number of benzene rings is 1. The van der Waals surface area contributed by atoms with Crippen LogP contribution in [0.2, 0.25) is 0 Å². The molecule has 2 aromatic rings. The van der Waals surface area contributed by atoms with E-state index < -0.39 is 10.9 Å². The highest BCUT2D eigenvalue weighted by Crippen LogP contribution is 2.18. The molecule has 122 valence electrons. The van der Waals surface area contributed by atoms with Crippen LogP contribution in [0.3, 0.4) is 0 Å². The second-order valence-electron chi connectivity index (χ2n) is 5.49. The minimum absolute atomic E-state index is 0.0574. The number of nitrogens with zero attached hydrogens (tertiary/aromatic N) is 2. The molecule has 1 heterocycles. The predicted molar refractivity (Wildman–Crippen MR) is 83.1 cm³/mol. The molecule has 0 saturated carbocycles. The minimum Gasteiger partial charge on any atom is -0.475 e. The Balaban J connectivity index is 2.08. The molecule has 0 aliphatic carbocycles. The summed E-state index contributed by atoms with van der Waals surface area (Å²) >= 11 is 0. The monoisotopic (exact) mass is 318 g/mol. The highest BCUT2D eigenvalue weighted by Gasteiger charge is 2.16. The first-order chi connectivity index (χ1) is 10.9. The summed E-state index contributed by atoms with van der Waals surface area (Å²) in [5.74, 6) is -0.611. The van der Waals surface area contributed by atoms with Crippen molar-refractivity contribution >= 4 is 11.7 Å². The summed E-state index contributed by atoms with van der Waals surface area (Å²) in [5, 5.41) is 19.6. The van der Waals surface area contributed by atoms with Crippen LogP contribution in [0.15, 0.2) is 40.8 Å². The third-order valence-corrected chi connectivity index (χ3v) is 3.49. The Hall–Kier alpha value is -2.67. The average molecular weight is 318 g/mol. The largest absolute Gasteiger partial charge is 0.475 e. The number of aromatic carboxylic acids is 1. The number of furan rings is 1. The van der Waals surface area contributed by atoms with E-state index in [1.807, 2.05) is 13.8 Å². The van der Waals surface area contributed by atoms with Crippen molar-refractivity contribution < 1.29 is 19.2 Å². The molecule has 0 aliphatic rings. The number of carboxylic acids is 1. The fraction of sp³-hybridized carbons (Fsp3) is 0.312.